The van der Waals surface area contributed by atoms with Crippen molar-refractivity contribution in [1.82, 2.24) is 15.2 Å². The van der Waals surface area contributed by atoms with Crippen molar-refractivity contribution in [3.63, 3.8) is 0 Å². The molecule has 3 rings (SSSR count). The van der Waals surface area contributed by atoms with E-state index in [2.05, 4.69) is 15.2 Å². The van der Waals surface area contributed by atoms with Crippen LogP contribution in [0.5, 0.6) is 0 Å². The third kappa shape index (κ3) is 3.54. The number of thioether (sulfide) groups is 1. The van der Waals surface area contributed by atoms with Gasteiger partial charge in [-0.15, -0.1) is 5.10 Å². The number of nitrogens with zero attached hydrogens (tertiary/aromatic N) is 2. The quantitative estimate of drug-likeness (QED) is 0.558. The van der Waals surface area contributed by atoms with Crippen LogP contribution >= 0.6 is 11.8 Å². The van der Waals surface area contributed by atoms with E-state index in [1.54, 1.807) is 18.2 Å². The van der Waals surface area contributed by atoms with Crippen LogP contribution in [-0.2, 0) is 0 Å². The van der Waals surface area contributed by atoms with Crippen LogP contribution in [0, 0.1) is 19.7 Å². The summed E-state index contributed by atoms with van der Waals surface area (Å²) in [6.07, 6.45) is 0. The lowest BCUT2D eigenvalue weighted by molar-refractivity contribution is 0.102. The highest BCUT2D eigenvalue weighted by Gasteiger charge is 2.13. The highest BCUT2D eigenvalue weighted by Crippen LogP contribution is 2.22. The first-order chi connectivity index (χ1) is 11.5. The molecule has 1 heterocycles. The maximum Gasteiger partial charge on any atom is 0.209 e. The first-order valence-corrected chi connectivity index (χ1v) is 8.43. The van der Waals surface area contributed by atoms with E-state index in [-0.39, 0.29) is 17.4 Å². The third-order valence-electron chi connectivity index (χ3n) is 3.76. The van der Waals surface area contributed by atoms with Crippen molar-refractivity contribution in [2.45, 2.75) is 19.0 Å². The summed E-state index contributed by atoms with van der Waals surface area (Å²) in [7, 11) is 0. The van der Waals surface area contributed by atoms with E-state index in [0.29, 0.717) is 22.1 Å². The molecule has 0 unspecified atom stereocenters. The number of hydrogen-bond donors (Lipinski definition) is 1. The highest BCUT2D eigenvalue weighted by molar-refractivity contribution is 7.99. The molecule has 0 atom stereocenters. The predicted octanol–water partition coefficient (Wildman–Crippen LogP) is 4.20. The number of aromatic nitrogens is 3. The summed E-state index contributed by atoms with van der Waals surface area (Å²) in [5, 5.41) is 7.17. The van der Waals surface area contributed by atoms with Gasteiger partial charge < -0.3 is 0 Å². The molecule has 4 nitrogen and oxygen atoms in total. The van der Waals surface area contributed by atoms with Crippen LogP contribution in [0.2, 0.25) is 0 Å². The molecule has 2 aromatic carbocycles. The minimum Gasteiger partial charge on any atom is -0.293 e. The van der Waals surface area contributed by atoms with Gasteiger partial charge in [-0.25, -0.2) is 9.37 Å². The zero-order valence-electron chi connectivity index (χ0n) is 13.3. The number of ketones is 1. The van der Waals surface area contributed by atoms with Crippen molar-refractivity contribution in [3.05, 3.63) is 65.0 Å². The molecule has 3 aromatic rings. The summed E-state index contributed by atoms with van der Waals surface area (Å²) in [5.41, 5.74) is 3.28. The van der Waals surface area contributed by atoms with E-state index in [4.69, 9.17) is 0 Å². The Balaban J connectivity index is 1.68. The number of rotatable bonds is 5. The molecule has 24 heavy (non-hydrogen) atoms. The number of hydrogen-bond acceptors (Lipinski definition) is 4. The fraction of sp³-hybridized carbons (Fsp3) is 0.167. The van der Waals surface area contributed by atoms with Crippen molar-refractivity contribution in [2.75, 3.05) is 5.75 Å². The van der Waals surface area contributed by atoms with Crippen LogP contribution in [0.1, 0.15) is 21.5 Å². The highest BCUT2D eigenvalue weighted by atomic mass is 32.2. The Bertz CT molecular complexity index is 891. The Morgan fingerprint density at radius 3 is 2.71 bits per heavy atom. The normalized spacial score (nSPS) is 10.8. The van der Waals surface area contributed by atoms with E-state index >= 15 is 0 Å². The zero-order chi connectivity index (χ0) is 17.1. The number of H-pyrrole nitrogens is 1. The molecular weight excluding hydrogens is 325 g/mol. The zero-order valence-corrected chi connectivity index (χ0v) is 14.2. The van der Waals surface area contributed by atoms with Gasteiger partial charge in [0.15, 0.2) is 11.6 Å². The number of carbonyl (C=O) groups is 1. The van der Waals surface area contributed by atoms with E-state index in [9.17, 15) is 9.18 Å². The predicted molar refractivity (Wildman–Crippen MR) is 92.7 cm³/mol. The molecule has 6 heteroatoms. The fourth-order valence-corrected chi connectivity index (χ4v) is 2.91. The second-order valence-corrected chi connectivity index (χ2v) is 6.40. The molecular formula is C18H16FN3OS. The fourth-order valence-electron chi connectivity index (χ4n) is 2.21. The molecule has 0 amide bonds. The Kier molecular flexibility index (Phi) is 4.76. The van der Waals surface area contributed by atoms with Crippen LogP contribution in [0.3, 0.4) is 0 Å². The van der Waals surface area contributed by atoms with Gasteiger partial charge in [-0.1, -0.05) is 36.0 Å². The molecule has 122 valence electrons. The number of benzene rings is 2. The summed E-state index contributed by atoms with van der Waals surface area (Å²) in [4.78, 5) is 16.5. The summed E-state index contributed by atoms with van der Waals surface area (Å²) in [5.74, 6) is 0.239. The van der Waals surface area contributed by atoms with Gasteiger partial charge in [-0.05, 0) is 43.2 Å². The smallest absolute Gasteiger partial charge is 0.209 e. The standard InChI is InChI=1S/C18H16FN3OS/c1-11-7-8-13(9-12(11)2)16(23)10-24-18-20-17(21-22-18)14-5-3-4-6-15(14)19/h3-9H,10H2,1-2H3,(H,20,21,22). The van der Waals surface area contributed by atoms with Gasteiger partial charge in [0.1, 0.15) is 5.82 Å². The Morgan fingerprint density at radius 2 is 1.96 bits per heavy atom. The molecule has 1 N–H and O–H groups in total. The molecule has 0 aliphatic heterocycles. The van der Waals surface area contributed by atoms with E-state index in [0.717, 1.165) is 11.1 Å². The summed E-state index contributed by atoms with van der Waals surface area (Å²) < 4.78 is 13.7. The van der Waals surface area contributed by atoms with Crippen molar-refractivity contribution in [2.24, 2.45) is 0 Å². The van der Waals surface area contributed by atoms with Crippen molar-refractivity contribution < 1.29 is 9.18 Å². The van der Waals surface area contributed by atoms with E-state index < -0.39 is 0 Å². The summed E-state index contributed by atoms with van der Waals surface area (Å²) >= 11 is 1.23. The minimum absolute atomic E-state index is 0.0142. The summed E-state index contributed by atoms with van der Waals surface area (Å²) in [6, 6.07) is 12.0. The number of halogens is 1. The van der Waals surface area contributed by atoms with E-state index in [1.807, 2.05) is 32.0 Å². The second kappa shape index (κ2) is 6.97. The Labute approximate surface area is 143 Å². The molecule has 0 saturated heterocycles. The lowest BCUT2D eigenvalue weighted by atomic mass is 10.0. The van der Waals surface area contributed by atoms with Crippen molar-refractivity contribution in [3.8, 4) is 11.4 Å². The SMILES string of the molecule is Cc1ccc(C(=O)CSc2n[nH]c(-c3ccccc3F)n2)cc1C. The molecule has 0 aliphatic rings. The molecule has 0 saturated carbocycles. The van der Waals surface area contributed by atoms with Crippen molar-refractivity contribution >= 4 is 17.5 Å². The third-order valence-corrected chi connectivity index (χ3v) is 4.60. The van der Waals surface area contributed by atoms with Gasteiger partial charge in [-0.2, -0.15) is 0 Å². The molecule has 1 aromatic heterocycles. The first-order valence-electron chi connectivity index (χ1n) is 7.45. The van der Waals surface area contributed by atoms with Gasteiger partial charge in [0.2, 0.25) is 5.16 Å². The first kappa shape index (κ1) is 16.4. The van der Waals surface area contributed by atoms with Gasteiger partial charge >= 0.3 is 0 Å². The van der Waals surface area contributed by atoms with Crippen LogP contribution in [0.4, 0.5) is 4.39 Å². The molecule has 0 radical (unpaired) electrons. The monoisotopic (exact) mass is 341 g/mol. The van der Waals surface area contributed by atoms with Crippen molar-refractivity contribution in [1.29, 1.82) is 0 Å². The Morgan fingerprint density at radius 1 is 1.17 bits per heavy atom. The van der Waals surface area contributed by atoms with Crippen LogP contribution < -0.4 is 0 Å². The number of aryl methyl sites for hydroxylation is 2. The Hall–Kier alpha value is -2.47. The van der Waals surface area contributed by atoms with Crippen LogP contribution in [0.15, 0.2) is 47.6 Å². The molecule has 0 aliphatic carbocycles. The maximum atomic E-state index is 13.7. The number of carbonyl (C=O) groups excluding carboxylic acids is 1. The average molecular weight is 341 g/mol. The number of nitrogens with one attached hydrogen (secondary N) is 1. The molecule has 0 bridgehead atoms. The average Bonchev–Trinajstić information content (AvgIpc) is 3.04. The lowest BCUT2D eigenvalue weighted by Crippen LogP contribution is -2.03. The van der Waals surface area contributed by atoms with Gasteiger partial charge in [-0.3, -0.25) is 9.89 Å². The van der Waals surface area contributed by atoms with Gasteiger partial charge in [0, 0.05) is 5.56 Å². The topological polar surface area (TPSA) is 58.6 Å². The largest absolute Gasteiger partial charge is 0.293 e. The molecule has 0 spiro atoms. The lowest BCUT2D eigenvalue weighted by Gasteiger charge is -2.03. The second-order valence-electron chi connectivity index (χ2n) is 5.46. The number of Topliss-reactive ketones (excluding diaryl/α,β-unsaturated/α-hetero) is 1. The maximum absolute atomic E-state index is 13.7. The summed E-state index contributed by atoms with van der Waals surface area (Å²) in [6.45, 7) is 3.99. The minimum atomic E-state index is -0.364. The van der Waals surface area contributed by atoms with E-state index in [1.165, 1.54) is 17.8 Å². The van der Waals surface area contributed by atoms with Gasteiger partial charge in [0.05, 0.1) is 11.3 Å². The number of aromatic amines is 1. The van der Waals surface area contributed by atoms with Crippen LogP contribution in [0.25, 0.3) is 11.4 Å². The molecule has 0 fully saturated rings. The van der Waals surface area contributed by atoms with Gasteiger partial charge in [0.25, 0.3) is 0 Å². The van der Waals surface area contributed by atoms with Crippen LogP contribution in [-0.4, -0.2) is 26.7 Å².